The molecule has 7 nitrogen and oxygen atoms in total. The molecule has 0 saturated heterocycles. The van der Waals surface area contributed by atoms with E-state index in [9.17, 15) is 14.4 Å². The lowest BCUT2D eigenvalue weighted by Gasteiger charge is -2.23. The number of esters is 1. The number of anilines is 1. The molecule has 1 aliphatic rings. The molecule has 1 atom stereocenters. The Morgan fingerprint density at radius 1 is 1.23 bits per heavy atom. The highest BCUT2D eigenvalue weighted by molar-refractivity contribution is 8.00. The minimum atomic E-state index is -0.526. The Labute approximate surface area is 182 Å². The van der Waals surface area contributed by atoms with Crippen molar-refractivity contribution in [3.05, 3.63) is 46.3 Å². The highest BCUT2D eigenvalue weighted by Crippen LogP contribution is 2.42. The van der Waals surface area contributed by atoms with E-state index in [0.717, 1.165) is 15.3 Å². The summed E-state index contributed by atoms with van der Waals surface area (Å²) >= 11 is 2.87. The van der Waals surface area contributed by atoms with Crippen LogP contribution < -0.4 is 5.32 Å². The fraction of sp³-hybridized carbons (Fsp3) is 0.333. The molecule has 3 rings (SSSR count). The zero-order valence-corrected chi connectivity index (χ0v) is 18.5. The molecule has 2 aromatic rings. The van der Waals surface area contributed by atoms with E-state index < -0.39 is 11.9 Å². The number of carbonyl (C=O) groups excluding carboxylic acids is 3. The van der Waals surface area contributed by atoms with Gasteiger partial charge in [0.25, 0.3) is 0 Å². The largest absolute Gasteiger partial charge is 0.462 e. The number of hydrogen-bond donors (Lipinski definition) is 1. The first kappa shape index (κ1) is 22.0. The minimum absolute atomic E-state index is 0.0712. The molecule has 1 amide bonds. The van der Waals surface area contributed by atoms with Crippen molar-refractivity contribution >= 4 is 51.7 Å². The third-order valence-electron chi connectivity index (χ3n) is 4.26. The normalized spacial score (nSPS) is 16.6. The third-order valence-corrected chi connectivity index (χ3v) is 6.72. The summed E-state index contributed by atoms with van der Waals surface area (Å²) in [5, 5.41) is 7.21. The van der Waals surface area contributed by atoms with E-state index in [1.807, 2.05) is 30.3 Å². The van der Waals surface area contributed by atoms with Gasteiger partial charge in [0.15, 0.2) is 0 Å². The van der Waals surface area contributed by atoms with Gasteiger partial charge < -0.3 is 14.9 Å². The highest BCUT2D eigenvalue weighted by Gasteiger charge is 2.35. The van der Waals surface area contributed by atoms with Crippen molar-refractivity contribution in [1.82, 2.24) is 0 Å². The van der Waals surface area contributed by atoms with E-state index in [1.54, 1.807) is 18.7 Å². The number of oxime groups is 1. The number of nitrogens with one attached hydrogen (secondary N) is 1. The van der Waals surface area contributed by atoms with Gasteiger partial charge in [0, 0.05) is 18.7 Å². The second-order valence-corrected chi connectivity index (χ2v) is 8.83. The van der Waals surface area contributed by atoms with Crippen molar-refractivity contribution in [3.8, 4) is 0 Å². The third kappa shape index (κ3) is 5.09. The molecular weight excluding hydrogens is 424 g/mol. The zero-order valence-electron chi connectivity index (χ0n) is 16.9. The van der Waals surface area contributed by atoms with Crippen LogP contribution in [0.15, 0.2) is 40.4 Å². The predicted octanol–water partition coefficient (Wildman–Crippen LogP) is 4.26. The topological polar surface area (TPSA) is 94.1 Å². The summed E-state index contributed by atoms with van der Waals surface area (Å²) in [5.41, 5.74) is 1.69. The monoisotopic (exact) mass is 446 g/mol. The van der Waals surface area contributed by atoms with Gasteiger partial charge in [-0.3, -0.25) is 4.79 Å². The molecule has 1 N–H and O–H groups in total. The maximum atomic E-state index is 12.6. The molecular formula is C21H22N2O5S2. The minimum Gasteiger partial charge on any atom is -0.462 e. The average molecular weight is 447 g/mol. The summed E-state index contributed by atoms with van der Waals surface area (Å²) in [4.78, 5) is 42.5. The molecule has 0 radical (unpaired) electrons. The molecule has 158 valence electrons. The molecule has 1 heterocycles. The summed E-state index contributed by atoms with van der Waals surface area (Å²) in [5.74, 6) is -1.30. The molecule has 30 heavy (non-hydrogen) atoms. The predicted molar refractivity (Wildman–Crippen MR) is 117 cm³/mol. The molecule has 0 saturated carbocycles. The van der Waals surface area contributed by atoms with Gasteiger partial charge in [-0.25, -0.2) is 9.59 Å². The molecule has 9 heteroatoms. The van der Waals surface area contributed by atoms with Crippen molar-refractivity contribution in [3.63, 3.8) is 0 Å². The van der Waals surface area contributed by atoms with Crippen LogP contribution in [0.4, 0.5) is 5.00 Å². The van der Waals surface area contributed by atoms with Crippen molar-refractivity contribution in [1.29, 1.82) is 0 Å². The van der Waals surface area contributed by atoms with Crippen LogP contribution in [0, 0.1) is 0 Å². The van der Waals surface area contributed by atoms with Gasteiger partial charge >= 0.3 is 11.9 Å². The maximum absolute atomic E-state index is 12.6. The Kier molecular flexibility index (Phi) is 7.28. The smallest absolute Gasteiger partial charge is 0.341 e. The fourth-order valence-electron chi connectivity index (χ4n) is 3.13. The number of rotatable bonds is 6. The van der Waals surface area contributed by atoms with E-state index in [1.165, 1.54) is 25.2 Å². The van der Waals surface area contributed by atoms with Crippen LogP contribution in [-0.2, 0) is 25.6 Å². The number of hydrogen-bond acceptors (Lipinski definition) is 8. The Hall–Kier alpha value is -2.65. The van der Waals surface area contributed by atoms with Crippen LogP contribution in [0.3, 0.4) is 0 Å². The average Bonchev–Trinajstić information content (AvgIpc) is 3.05. The number of thioether (sulfide) groups is 1. The first-order valence-electron chi connectivity index (χ1n) is 9.48. The summed E-state index contributed by atoms with van der Waals surface area (Å²) in [7, 11) is 0. The maximum Gasteiger partial charge on any atom is 0.341 e. The summed E-state index contributed by atoms with van der Waals surface area (Å²) in [6, 6.07) is 9.87. The van der Waals surface area contributed by atoms with E-state index in [-0.39, 0.29) is 17.8 Å². The quantitative estimate of drug-likeness (QED) is 0.405. The van der Waals surface area contributed by atoms with Gasteiger partial charge in [0.05, 0.1) is 22.3 Å². The lowest BCUT2D eigenvalue weighted by Crippen LogP contribution is -2.26. The number of benzene rings is 1. The van der Waals surface area contributed by atoms with Gasteiger partial charge in [0.2, 0.25) is 5.91 Å². The number of fused-ring (bicyclic) bond motifs is 1. The Morgan fingerprint density at radius 2 is 1.97 bits per heavy atom. The van der Waals surface area contributed by atoms with Crippen molar-refractivity contribution in [2.75, 3.05) is 11.9 Å². The van der Waals surface area contributed by atoms with Gasteiger partial charge in [-0.05, 0) is 37.5 Å². The zero-order chi connectivity index (χ0) is 21.7. The summed E-state index contributed by atoms with van der Waals surface area (Å²) in [6.07, 6.45) is 1.30. The standard InChI is InChI=1S/C21H22N2O5S2/c1-4-27-21(26)17-15-10-11-16(29-14-8-6-5-7-9-14)18(23-28-13(3)25)19(15)30-20(17)22-12(2)24/h5-9,16H,4,10-11H2,1-3H3,(H,22,24)/b23-18-/t16-/m1/s1. The molecule has 0 fully saturated rings. The number of nitrogens with zero attached hydrogens (tertiary/aromatic N) is 1. The number of amides is 1. The summed E-state index contributed by atoms with van der Waals surface area (Å²) < 4.78 is 5.22. The van der Waals surface area contributed by atoms with Crippen molar-refractivity contribution in [2.45, 2.75) is 43.8 Å². The summed E-state index contributed by atoms with van der Waals surface area (Å²) in [6.45, 7) is 4.63. The SMILES string of the molecule is CCOC(=O)c1c(NC(C)=O)sc2c1CC[C@@H](Sc1ccccc1)/C2=N/OC(C)=O. The van der Waals surface area contributed by atoms with Gasteiger partial charge in [-0.15, -0.1) is 23.1 Å². The Bertz CT molecular complexity index is 985. The molecule has 1 aliphatic carbocycles. The molecule has 1 aromatic heterocycles. The van der Waals surface area contributed by atoms with Gasteiger partial charge in [-0.1, -0.05) is 23.4 Å². The second kappa shape index (κ2) is 9.90. The highest BCUT2D eigenvalue weighted by atomic mass is 32.2. The van der Waals surface area contributed by atoms with E-state index in [4.69, 9.17) is 9.57 Å². The van der Waals surface area contributed by atoms with Crippen LogP contribution in [0.25, 0.3) is 0 Å². The van der Waals surface area contributed by atoms with Crippen LogP contribution in [-0.4, -0.2) is 35.4 Å². The first-order valence-corrected chi connectivity index (χ1v) is 11.2. The molecule has 0 spiro atoms. The van der Waals surface area contributed by atoms with E-state index in [0.29, 0.717) is 29.1 Å². The van der Waals surface area contributed by atoms with E-state index >= 15 is 0 Å². The lowest BCUT2D eigenvalue weighted by molar-refractivity contribution is -0.140. The molecule has 1 aromatic carbocycles. The van der Waals surface area contributed by atoms with E-state index in [2.05, 4.69) is 10.5 Å². The fourth-order valence-corrected chi connectivity index (χ4v) is 5.67. The lowest BCUT2D eigenvalue weighted by atomic mass is 9.93. The van der Waals surface area contributed by atoms with Crippen molar-refractivity contribution in [2.24, 2.45) is 5.16 Å². The van der Waals surface area contributed by atoms with Crippen LogP contribution >= 0.6 is 23.1 Å². The second-order valence-electron chi connectivity index (χ2n) is 6.53. The number of carbonyl (C=O) groups is 3. The van der Waals surface area contributed by atoms with Gasteiger partial charge in [-0.2, -0.15) is 0 Å². The molecule has 0 aliphatic heterocycles. The van der Waals surface area contributed by atoms with Crippen LogP contribution in [0.5, 0.6) is 0 Å². The number of thiophene rings is 1. The number of ether oxygens (including phenoxy) is 1. The van der Waals surface area contributed by atoms with Crippen LogP contribution in [0.2, 0.25) is 0 Å². The Morgan fingerprint density at radius 3 is 2.60 bits per heavy atom. The molecule has 0 unspecified atom stereocenters. The Balaban J connectivity index is 2.06. The van der Waals surface area contributed by atoms with Crippen LogP contribution in [0.1, 0.15) is 48.0 Å². The van der Waals surface area contributed by atoms with Crippen molar-refractivity contribution < 1.29 is 24.0 Å². The van der Waals surface area contributed by atoms with Gasteiger partial charge in [0.1, 0.15) is 10.7 Å². The first-order chi connectivity index (χ1) is 14.4. The molecule has 0 bridgehead atoms.